The summed E-state index contributed by atoms with van der Waals surface area (Å²) in [6.07, 6.45) is 1.78. The van der Waals surface area contributed by atoms with Crippen LogP contribution in [0.1, 0.15) is 47.5 Å². The monoisotopic (exact) mass is 217 g/mol. The molecular weight excluding hydrogens is 194 g/mol. The highest BCUT2D eigenvalue weighted by atomic mass is 32.1. The third-order valence-electron chi connectivity index (χ3n) is 2.90. The topological polar surface area (TPSA) is 29.1 Å². The number of ketones is 1. The molecule has 1 atom stereocenters. The van der Waals surface area contributed by atoms with Crippen LogP contribution in [0.5, 0.6) is 0 Å². The van der Waals surface area contributed by atoms with E-state index in [0.717, 1.165) is 12.8 Å². The summed E-state index contributed by atoms with van der Waals surface area (Å²) in [7, 11) is 0. The number of nitrogens with one attached hydrogen (secondary N) is 1. The van der Waals surface area contributed by atoms with Gasteiger partial charge >= 0.3 is 0 Å². The molecule has 0 aromatic carbocycles. The highest BCUT2D eigenvalue weighted by molar-refractivity contribution is 7.82. The zero-order valence-corrected chi connectivity index (χ0v) is 10.9. The molecule has 1 N–H and O–H groups in total. The summed E-state index contributed by atoms with van der Waals surface area (Å²) in [5, 5.41) is 3.25. The molecule has 84 valence electrons. The van der Waals surface area contributed by atoms with Gasteiger partial charge in [0.15, 0.2) is 5.78 Å². The average Bonchev–Trinajstić information content (AvgIpc) is 2.14. The van der Waals surface area contributed by atoms with Gasteiger partial charge in [-0.05, 0) is 33.6 Å². The molecule has 0 saturated heterocycles. The normalized spacial score (nSPS) is 16.4. The van der Waals surface area contributed by atoms with Crippen LogP contribution in [-0.4, -0.2) is 22.6 Å². The van der Waals surface area contributed by atoms with E-state index in [1.54, 1.807) is 0 Å². The zero-order valence-electron chi connectivity index (χ0n) is 9.98. The highest BCUT2D eigenvalue weighted by Gasteiger charge is 2.27. The van der Waals surface area contributed by atoms with Gasteiger partial charge in [-0.15, -0.1) is 0 Å². The number of hydrogen-bond acceptors (Lipinski definition) is 3. The Labute approximate surface area is 93.3 Å². The third kappa shape index (κ3) is 4.47. The lowest BCUT2D eigenvalue weighted by Gasteiger charge is -2.27. The second kappa shape index (κ2) is 5.17. The predicted molar refractivity (Wildman–Crippen MR) is 65.1 cm³/mol. The molecule has 2 nitrogen and oxygen atoms in total. The molecule has 0 bridgehead atoms. The van der Waals surface area contributed by atoms with Gasteiger partial charge in [0.05, 0.1) is 11.3 Å². The van der Waals surface area contributed by atoms with Crippen LogP contribution in [0.2, 0.25) is 0 Å². The fraction of sp³-hybridized carbons (Fsp3) is 0.909. The summed E-state index contributed by atoms with van der Waals surface area (Å²) in [5.74, 6) is 0.171. The van der Waals surface area contributed by atoms with Crippen LogP contribution >= 0.6 is 12.6 Å². The smallest absolute Gasteiger partial charge is 0.162 e. The molecule has 0 spiro atoms. The van der Waals surface area contributed by atoms with Crippen molar-refractivity contribution in [1.29, 1.82) is 0 Å². The van der Waals surface area contributed by atoms with Gasteiger partial charge in [-0.2, -0.15) is 12.6 Å². The molecule has 0 heterocycles. The summed E-state index contributed by atoms with van der Waals surface area (Å²) in [6, 6.07) is 0. The van der Waals surface area contributed by atoms with Crippen LogP contribution in [0, 0.1) is 0 Å². The molecule has 0 aromatic rings. The average molecular weight is 217 g/mol. The fourth-order valence-electron chi connectivity index (χ4n) is 0.832. The second-order valence-electron chi connectivity index (χ2n) is 4.64. The Balaban J connectivity index is 4.10. The Morgan fingerprint density at radius 2 is 1.71 bits per heavy atom. The van der Waals surface area contributed by atoms with Gasteiger partial charge in [0.25, 0.3) is 0 Å². The molecule has 0 fully saturated rings. The van der Waals surface area contributed by atoms with Crippen molar-refractivity contribution >= 4 is 18.4 Å². The lowest BCUT2D eigenvalue weighted by Crippen LogP contribution is -2.45. The number of Topliss-reactive ketones (excluding diaryl/α,β-unsaturated/α-hetero) is 1. The van der Waals surface area contributed by atoms with E-state index in [1.165, 1.54) is 0 Å². The van der Waals surface area contributed by atoms with Crippen molar-refractivity contribution in [2.75, 3.05) is 6.54 Å². The van der Waals surface area contributed by atoms with Crippen molar-refractivity contribution in [1.82, 2.24) is 5.32 Å². The van der Waals surface area contributed by atoms with Gasteiger partial charge in [0, 0.05) is 5.54 Å². The van der Waals surface area contributed by atoms with Crippen molar-refractivity contribution in [2.45, 2.75) is 57.7 Å². The SMILES string of the molecule is CCC(C)(C)NCC(=O)C(C)(S)CC. The predicted octanol–water partition coefficient (Wildman–Crippen LogP) is 2.43. The van der Waals surface area contributed by atoms with Crippen LogP contribution in [0.25, 0.3) is 0 Å². The molecule has 1 unspecified atom stereocenters. The molecule has 0 radical (unpaired) electrons. The third-order valence-corrected chi connectivity index (χ3v) is 3.47. The van der Waals surface area contributed by atoms with Gasteiger partial charge in [-0.3, -0.25) is 4.79 Å². The fourth-order valence-corrected chi connectivity index (χ4v) is 0.911. The van der Waals surface area contributed by atoms with Gasteiger partial charge in [-0.1, -0.05) is 13.8 Å². The van der Waals surface area contributed by atoms with Crippen LogP contribution in [0.4, 0.5) is 0 Å². The van der Waals surface area contributed by atoms with E-state index < -0.39 is 4.75 Å². The van der Waals surface area contributed by atoms with E-state index in [-0.39, 0.29) is 11.3 Å². The molecule has 0 aliphatic heterocycles. The van der Waals surface area contributed by atoms with E-state index in [0.29, 0.717) is 6.54 Å². The van der Waals surface area contributed by atoms with Gasteiger partial charge < -0.3 is 5.32 Å². The van der Waals surface area contributed by atoms with E-state index in [1.807, 2.05) is 13.8 Å². The van der Waals surface area contributed by atoms with E-state index in [2.05, 4.69) is 38.7 Å². The van der Waals surface area contributed by atoms with Gasteiger partial charge in [0.1, 0.15) is 0 Å². The van der Waals surface area contributed by atoms with Gasteiger partial charge in [0.2, 0.25) is 0 Å². The number of carbonyl (C=O) groups is 1. The molecular formula is C11H23NOS. The first-order valence-electron chi connectivity index (χ1n) is 5.26. The highest BCUT2D eigenvalue weighted by Crippen LogP contribution is 2.19. The summed E-state index contributed by atoms with van der Waals surface area (Å²) in [6.45, 7) is 10.6. The number of thiol groups is 1. The van der Waals surface area contributed by atoms with Crippen molar-refractivity contribution < 1.29 is 4.79 Å². The lowest BCUT2D eigenvalue weighted by molar-refractivity contribution is -0.120. The number of carbonyl (C=O) groups excluding carboxylic acids is 1. The minimum atomic E-state index is -0.489. The minimum Gasteiger partial charge on any atom is -0.305 e. The maximum absolute atomic E-state index is 11.7. The Bertz CT molecular complexity index is 199. The second-order valence-corrected chi connectivity index (χ2v) is 5.63. The Morgan fingerprint density at radius 1 is 1.21 bits per heavy atom. The minimum absolute atomic E-state index is 0.0350. The van der Waals surface area contributed by atoms with Crippen LogP contribution in [0.15, 0.2) is 0 Å². The van der Waals surface area contributed by atoms with Crippen LogP contribution < -0.4 is 5.32 Å². The van der Waals surface area contributed by atoms with Crippen molar-refractivity contribution in [3.63, 3.8) is 0 Å². The molecule has 0 rings (SSSR count). The first-order valence-corrected chi connectivity index (χ1v) is 5.70. The zero-order chi connectivity index (χ0) is 11.4. The molecule has 0 aromatic heterocycles. The molecule has 0 aliphatic carbocycles. The Kier molecular flexibility index (Phi) is 5.16. The number of rotatable bonds is 6. The lowest BCUT2D eigenvalue weighted by atomic mass is 9.99. The maximum Gasteiger partial charge on any atom is 0.162 e. The van der Waals surface area contributed by atoms with Crippen molar-refractivity contribution in [3.8, 4) is 0 Å². The molecule has 0 saturated carbocycles. The molecule has 0 amide bonds. The summed E-state index contributed by atoms with van der Waals surface area (Å²) >= 11 is 4.35. The number of hydrogen-bond donors (Lipinski definition) is 2. The first kappa shape index (κ1) is 14.0. The maximum atomic E-state index is 11.7. The van der Waals surface area contributed by atoms with E-state index in [9.17, 15) is 4.79 Å². The molecule has 0 aliphatic rings. The molecule has 14 heavy (non-hydrogen) atoms. The van der Waals surface area contributed by atoms with Crippen LogP contribution in [0.3, 0.4) is 0 Å². The summed E-state index contributed by atoms with van der Waals surface area (Å²) in [4.78, 5) is 11.7. The Morgan fingerprint density at radius 3 is 2.07 bits per heavy atom. The quantitative estimate of drug-likeness (QED) is 0.669. The van der Waals surface area contributed by atoms with Gasteiger partial charge in [-0.25, -0.2) is 0 Å². The standard InChI is InChI=1S/C11H23NOS/c1-6-10(3,4)12-8-9(13)11(5,14)7-2/h12,14H,6-8H2,1-5H3. The van der Waals surface area contributed by atoms with Crippen molar-refractivity contribution in [3.05, 3.63) is 0 Å². The van der Waals surface area contributed by atoms with E-state index >= 15 is 0 Å². The summed E-state index contributed by atoms with van der Waals surface area (Å²) < 4.78 is -0.489. The summed E-state index contributed by atoms with van der Waals surface area (Å²) in [5.41, 5.74) is 0.0350. The molecule has 3 heteroatoms. The largest absolute Gasteiger partial charge is 0.305 e. The van der Waals surface area contributed by atoms with Crippen molar-refractivity contribution in [2.24, 2.45) is 0 Å². The first-order chi connectivity index (χ1) is 6.25. The Hall–Kier alpha value is -0.0200. The van der Waals surface area contributed by atoms with E-state index in [4.69, 9.17) is 0 Å². The van der Waals surface area contributed by atoms with Crippen LogP contribution in [-0.2, 0) is 4.79 Å².